The van der Waals surface area contributed by atoms with Gasteiger partial charge in [-0.25, -0.2) is 0 Å². The van der Waals surface area contributed by atoms with Gasteiger partial charge in [-0.3, -0.25) is 9.69 Å². The van der Waals surface area contributed by atoms with Crippen LogP contribution in [0.25, 0.3) is 10.9 Å². The molecule has 0 aliphatic carbocycles. The molecular weight excluding hydrogens is 310 g/mol. The predicted octanol–water partition coefficient (Wildman–Crippen LogP) is 2.89. The lowest BCUT2D eigenvalue weighted by Gasteiger charge is -2.32. The highest BCUT2D eigenvalue weighted by molar-refractivity contribution is 5.85. The maximum atomic E-state index is 12.6. The summed E-state index contributed by atoms with van der Waals surface area (Å²) in [5.41, 5.74) is 2.56. The number of rotatable bonds is 2. The van der Waals surface area contributed by atoms with Gasteiger partial charge < -0.3 is 9.47 Å². The van der Waals surface area contributed by atoms with Gasteiger partial charge >= 0.3 is 0 Å². The molecule has 23 heavy (non-hydrogen) atoms. The second kappa shape index (κ2) is 6.93. The number of halogens is 1. The number of para-hydroxylation sites is 1. The molecule has 1 saturated heterocycles. The third kappa shape index (κ3) is 3.24. The average molecular weight is 334 g/mol. The topological polar surface area (TPSA) is 28.5 Å². The fraction of sp³-hybridized carbons (Fsp3) is 0.500. The van der Waals surface area contributed by atoms with E-state index >= 15 is 0 Å². The average Bonchev–Trinajstić information content (AvgIpc) is 2.93. The number of amides is 1. The van der Waals surface area contributed by atoms with Crippen LogP contribution in [-0.2, 0) is 17.9 Å². The van der Waals surface area contributed by atoms with E-state index in [2.05, 4.69) is 39.8 Å². The van der Waals surface area contributed by atoms with Gasteiger partial charge in [0.2, 0.25) is 5.91 Å². The van der Waals surface area contributed by atoms with Gasteiger partial charge in [0.15, 0.2) is 0 Å². The normalized spacial score (nSPS) is 18.5. The minimum atomic E-state index is 0. The van der Waals surface area contributed by atoms with Crippen molar-refractivity contribution < 1.29 is 4.79 Å². The Morgan fingerprint density at radius 3 is 2.61 bits per heavy atom. The van der Waals surface area contributed by atoms with Crippen molar-refractivity contribution in [2.45, 2.75) is 32.4 Å². The molecular formula is C18H24ClN3O. The summed E-state index contributed by atoms with van der Waals surface area (Å²) in [6.45, 7) is 5.26. The van der Waals surface area contributed by atoms with Gasteiger partial charge in [0.25, 0.3) is 0 Å². The van der Waals surface area contributed by atoms with E-state index < -0.39 is 0 Å². The maximum Gasteiger partial charge on any atom is 0.237 e. The summed E-state index contributed by atoms with van der Waals surface area (Å²) in [7, 11) is 0. The zero-order chi connectivity index (χ0) is 14.9. The van der Waals surface area contributed by atoms with Crippen LogP contribution >= 0.6 is 12.4 Å². The minimum absolute atomic E-state index is 0. The van der Waals surface area contributed by atoms with Crippen LogP contribution in [0.1, 0.15) is 25.0 Å². The van der Waals surface area contributed by atoms with E-state index in [0.717, 1.165) is 32.7 Å². The van der Waals surface area contributed by atoms with Crippen molar-refractivity contribution in [1.82, 2.24) is 14.4 Å². The lowest BCUT2D eigenvalue weighted by molar-refractivity contribution is -0.134. The molecule has 0 bridgehead atoms. The quantitative estimate of drug-likeness (QED) is 0.845. The number of aromatic nitrogens is 1. The Balaban J connectivity index is 0.00000156. The highest BCUT2D eigenvalue weighted by Gasteiger charge is 2.24. The lowest BCUT2D eigenvalue weighted by atomic mass is 10.1. The van der Waals surface area contributed by atoms with E-state index in [1.807, 2.05) is 4.90 Å². The van der Waals surface area contributed by atoms with Crippen molar-refractivity contribution in [2.24, 2.45) is 0 Å². The summed E-state index contributed by atoms with van der Waals surface area (Å²) >= 11 is 0. The third-order valence-corrected chi connectivity index (χ3v) is 5.00. The van der Waals surface area contributed by atoms with E-state index in [9.17, 15) is 4.79 Å². The number of fused-ring (bicyclic) bond motifs is 3. The molecule has 2 aliphatic heterocycles. The monoisotopic (exact) mass is 333 g/mol. The van der Waals surface area contributed by atoms with Crippen molar-refractivity contribution in [1.29, 1.82) is 0 Å². The second-order valence-electron chi connectivity index (χ2n) is 6.50. The van der Waals surface area contributed by atoms with Gasteiger partial charge in [0, 0.05) is 24.3 Å². The van der Waals surface area contributed by atoms with Gasteiger partial charge in [-0.05, 0) is 43.5 Å². The molecule has 1 aromatic carbocycles. The molecule has 0 N–H and O–H groups in total. The van der Waals surface area contributed by atoms with Crippen LogP contribution in [0.2, 0.25) is 0 Å². The first-order valence-electron chi connectivity index (χ1n) is 8.38. The van der Waals surface area contributed by atoms with Crippen molar-refractivity contribution in [3.05, 3.63) is 36.0 Å². The number of carbonyl (C=O) groups excluding carboxylic acids is 1. The second-order valence-corrected chi connectivity index (χ2v) is 6.50. The first kappa shape index (κ1) is 16.3. The highest BCUT2D eigenvalue weighted by atomic mass is 35.5. The van der Waals surface area contributed by atoms with Crippen LogP contribution in [0.3, 0.4) is 0 Å². The Morgan fingerprint density at radius 2 is 1.78 bits per heavy atom. The number of carbonyl (C=O) groups is 1. The molecule has 1 aromatic heterocycles. The van der Waals surface area contributed by atoms with Gasteiger partial charge in [-0.15, -0.1) is 12.4 Å². The molecule has 2 aliphatic rings. The largest absolute Gasteiger partial charge is 0.341 e. The predicted molar refractivity (Wildman–Crippen MR) is 94.9 cm³/mol. The molecule has 1 fully saturated rings. The zero-order valence-electron chi connectivity index (χ0n) is 13.4. The molecule has 124 valence electrons. The van der Waals surface area contributed by atoms with Crippen molar-refractivity contribution in [2.75, 3.05) is 26.2 Å². The summed E-state index contributed by atoms with van der Waals surface area (Å²) in [6, 6.07) is 10.7. The zero-order valence-corrected chi connectivity index (χ0v) is 14.2. The molecule has 0 radical (unpaired) electrons. The number of nitrogens with zero attached hydrogens (tertiary/aromatic N) is 3. The van der Waals surface area contributed by atoms with Gasteiger partial charge in [0.05, 0.1) is 13.1 Å². The van der Waals surface area contributed by atoms with Crippen LogP contribution in [0.4, 0.5) is 0 Å². The summed E-state index contributed by atoms with van der Waals surface area (Å²) in [6.07, 6.45) is 3.79. The lowest BCUT2D eigenvalue weighted by Crippen LogP contribution is -2.45. The molecule has 1 amide bonds. The number of hydrogen-bond donors (Lipinski definition) is 0. The van der Waals surface area contributed by atoms with Crippen LogP contribution in [0, 0.1) is 0 Å². The first-order chi connectivity index (χ1) is 10.8. The van der Waals surface area contributed by atoms with E-state index in [0.29, 0.717) is 12.5 Å². The van der Waals surface area contributed by atoms with Gasteiger partial charge in [-0.2, -0.15) is 0 Å². The van der Waals surface area contributed by atoms with Crippen LogP contribution in [-0.4, -0.2) is 46.5 Å². The molecule has 4 rings (SSSR count). The van der Waals surface area contributed by atoms with Crippen LogP contribution < -0.4 is 0 Å². The molecule has 4 nitrogen and oxygen atoms in total. The molecule has 0 atom stereocenters. The van der Waals surface area contributed by atoms with Gasteiger partial charge in [0.1, 0.15) is 0 Å². The molecule has 0 unspecified atom stereocenters. The minimum Gasteiger partial charge on any atom is -0.341 e. The van der Waals surface area contributed by atoms with Crippen LogP contribution in [0.15, 0.2) is 30.3 Å². The van der Waals surface area contributed by atoms with E-state index in [-0.39, 0.29) is 12.4 Å². The Hall–Kier alpha value is -1.52. The summed E-state index contributed by atoms with van der Waals surface area (Å²) in [5, 5.41) is 1.28. The standard InChI is InChI=1S/C18H23N3O.ClH/c22-18(14-19-8-4-1-5-9-19)20-10-11-21-16(13-20)12-15-6-2-3-7-17(15)21;/h2-3,6-7,12H,1,4-5,8-11,13-14H2;1H. The molecule has 3 heterocycles. The van der Waals surface area contributed by atoms with E-state index in [1.54, 1.807) is 0 Å². The van der Waals surface area contributed by atoms with E-state index in [1.165, 1.54) is 35.9 Å². The number of hydrogen-bond acceptors (Lipinski definition) is 2. The Bertz CT molecular complexity index is 691. The Morgan fingerprint density at radius 1 is 1.00 bits per heavy atom. The number of benzene rings is 1. The summed E-state index contributed by atoms with van der Waals surface area (Å²) in [4.78, 5) is 16.9. The fourth-order valence-corrected chi connectivity index (χ4v) is 3.78. The number of likely N-dealkylation sites (tertiary alicyclic amines) is 1. The molecule has 0 saturated carbocycles. The summed E-state index contributed by atoms with van der Waals surface area (Å²) < 4.78 is 2.36. The fourth-order valence-electron chi connectivity index (χ4n) is 3.78. The SMILES string of the molecule is Cl.O=C(CN1CCCCC1)N1CCn2c(cc3ccccc32)C1. The Kier molecular flexibility index (Phi) is 4.93. The first-order valence-corrected chi connectivity index (χ1v) is 8.38. The van der Waals surface area contributed by atoms with E-state index in [4.69, 9.17) is 0 Å². The molecule has 0 spiro atoms. The highest BCUT2D eigenvalue weighted by Crippen LogP contribution is 2.24. The maximum absolute atomic E-state index is 12.6. The summed E-state index contributed by atoms with van der Waals surface area (Å²) in [5.74, 6) is 0.290. The van der Waals surface area contributed by atoms with Crippen molar-refractivity contribution >= 4 is 29.2 Å². The van der Waals surface area contributed by atoms with Crippen molar-refractivity contribution in [3.63, 3.8) is 0 Å². The van der Waals surface area contributed by atoms with Crippen LogP contribution in [0.5, 0.6) is 0 Å². The van der Waals surface area contributed by atoms with Gasteiger partial charge in [-0.1, -0.05) is 24.6 Å². The number of piperidine rings is 1. The smallest absolute Gasteiger partial charge is 0.237 e. The third-order valence-electron chi connectivity index (χ3n) is 5.00. The Labute approximate surface area is 143 Å². The molecule has 5 heteroatoms. The molecule has 2 aromatic rings. The van der Waals surface area contributed by atoms with Crippen molar-refractivity contribution in [3.8, 4) is 0 Å².